The molecule has 0 N–H and O–H groups in total. The van der Waals surface area contributed by atoms with E-state index in [1.54, 1.807) is 0 Å². The zero-order valence-electron chi connectivity index (χ0n) is 13.1. The van der Waals surface area contributed by atoms with Crippen LogP contribution in [-0.2, 0) is 4.79 Å². The van der Waals surface area contributed by atoms with Crippen molar-refractivity contribution in [1.29, 1.82) is 5.26 Å². The minimum atomic E-state index is -0.699. The zero-order chi connectivity index (χ0) is 14.7. The molecule has 3 nitrogen and oxygen atoms in total. The van der Waals surface area contributed by atoms with E-state index in [0.29, 0.717) is 12.0 Å². The van der Waals surface area contributed by atoms with Crippen LogP contribution in [0.3, 0.4) is 0 Å². The van der Waals surface area contributed by atoms with Gasteiger partial charge in [0.1, 0.15) is 5.41 Å². The number of nitriles is 1. The molecule has 116 valence electrons. The number of carbonyl (C=O) groups excluding carboxylic acids is 1. The molecule has 3 fully saturated rings. The Balaban J connectivity index is 1.80. The van der Waals surface area contributed by atoms with Gasteiger partial charge in [-0.2, -0.15) is 5.26 Å². The van der Waals surface area contributed by atoms with Crippen molar-refractivity contribution in [3.63, 3.8) is 0 Å². The van der Waals surface area contributed by atoms with Crippen molar-refractivity contribution < 1.29 is 4.79 Å². The summed E-state index contributed by atoms with van der Waals surface area (Å²) in [6.07, 6.45) is 13.5. The molecule has 21 heavy (non-hydrogen) atoms. The number of carbonyl (C=O) groups is 1. The molecule has 3 rings (SSSR count). The lowest BCUT2D eigenvalue weighted by Gasteiger charge is -2.46. The van der Waals surface area contributed by atoms with Crippen LogP contribution < -0.4 is 0 Å². The van der Waals surface area contributed by atoms with Crippen molar-refractivity contribution in [2.24, 2.45) is 11.3 Å². The summed E-state index contributed by atoms with van der Waals surface area (Å²) in [5, 5.41) is 9.77. The van der Waals surface area contributed by atoms with Crippen molar-refractivity contribution in [1.82, 2.24) is 4.90 Å². The molecular weight excluding hydrogens is 260 g/mol. The maximum absolute atomic E-state index is 13.2. The molecule has 0 aromatic carbocycles. The molecule has 0 aromatic heterocycles. The molecule has 2 aliphatic carbocycles. The lowest BCUT2D eigenvalue weighted by molar-refractivity contribution is -0.146. The molecule has 3 heteroatoms. The summed E-state index contributed by atoms with van der Waals surface area (Å²) < 4.78 is 0. The SMILES string of the molecule is N#CC1(C(=O)N2CCC[C@H]3CCCC[C@H]32)CCCCCC1. The van der Waals surface area contributed by atoms with E-state index < -0.39 is 5.41 Å². The van der Waals surface area contributed by atoms with E-state index in [2.05, 4.69) is 11.0 Å². The van der Waals surface area contributed by atoms with E-state index in [0.717, 1.165) is 45.1 Å². The number of fused-ring (bicyclic) bond motifs is 1. The Hall–Kier alpha value is -1.04. The number of piperidine rings is 1. The molecule has 0 bridgehead atoms. The fraction of sp³-hybridized carbons (Fsp3) is 0.889. The van der Waals surface area contributed by atoms with Gasteiger partial charge in [-0.15, -0.1) is 0 Å². The maximum atomic E-state index is 13.2. The van der Waals surface area contributed by atoms with Gasteiger partial charge in [0, 0.05) is 12.6 Å². The van der Waals surface area contributed by atoms with Crippen LogP contribution in [0.1, 0.15) is 77.0 Å². The van der Waals surface area contributed by atoms with Gasteiger partial charge in [-0.1, -0.05) is 38.5 Å². The highest BCUT2D eigenvalue weighted by Crippen LogP contribution is 2.41. The Morgan fingerprint density at radius 1 is 0.952 bits per heavy atom. The number of rotatable bonds is 1. The summed E-state index contributed by atoms with van der Waals surface area (Å²) in [7, 11) is 0. The van der Waals surface area contributed by atoms with Gasteiger partial charge in [0.05, 0.1) is 6.07 Å². The van der Waals surface area contributed by atoms with Gasteiger partial charge in [-0.3, -0.25) is 4.79 Å². The molecule has 2 atom stereocenters. The minimum Gasteiger partial charge on any atom is -0.338 e. The fourth-order valence-electron chi connectivity index (χ4n) is 4.86. The van der Waals surface area contributed by atoms with Crippen LogP contribution in [0.15, 0.2) is 0 Å². The van der Waals surface area contributed by atoms with Crippen LogP contribution in [-0.4, -0.2) is 23.4 Å². The average Bonchev–Trinajstić information content (AvgIpc) is 2.80. The van der Waals surface area contributed by atoms with E-state index >= 15 is 0 Å². The molecule has 3 aliphatic rings. The summed E-state index contributed by atoms with van der Waals surface area (Å²) in [4.78, 5) is 15.4. The number of hydrogen-bond donors (Lipinski definition) is 0. The second-order valence-electron chi connectivity index (χ2n) is 7.36. The van der Waals surface area contributed by atoms with Gasteiger partial charge in [0.25, 0.3) is 0 Å². The fourth-order valence-corrected chi connectivity index (χ4v) is 4.86. The third-order valence-corrected chi connectivity index (χ3v) is 6.08. The third-order valence-electron chi connectivity index (χ3n) is 6.08. The highest BCUT2D eigenvalue weighted by Gasteiger charge is 2.45. The normalized spacial score (nSPS) is 32.6. The quantitative estimate of drug-likeness (QED) is 0.684. The van der Waals surface area contributed by atoms with Crippen LogP contribution >= 0.6 is 0 Å². The maximum Gasteiger partial charge on any atom is 0.243 e. The highest BCUT2D eigenvalue weighted by molar-refractivity contribution is 5.86. The molecule has 2 saturated carbocycles. The molecule has 0 unspecified atom stereocenters. The van der Waals surface area contributed by atoms with E-state index in [1.165, 1.54) is 38.5 Å². The monoisotopic (exact) mass is 288 g/mol. The third kappa shape index (κ3) is 2.82. The van der Waals surface area contributed by atoms with Gasteiger partial charge < -0.3 is 4.90 Å². The number of likely N-dealkylation sites (tertiary alicyclic amines) is 1. The number of amides is 1. The second kappa shape index (κ2) is 6.38. The summed E-state index contributed by atoms with van der Waals surface area (Å²) in [5.41, 5.74) is -0.699. The Labute approximate surface area is 128 Å². The molecule has 0 spiro atoms. The zero-order valence-corrected chi connectivity index (χ0v) is 13.1. The lowest BCUT2D eigenvalue weighted by Crippen LogP contribution is -2.54. The van der Waals surface area contributed by atoms with E-state index in [-0.39, 0.29) is 5.91 Å². The summed E-state index contributed by atoms with van der Waals surface area (Å²) in [5.74, 6) is 0.890. The van der Waals surface area contributed by atoms with Crippen molar-refractivity contribution in [3.05, 3.63) is 0 Å². The van der Waals surface area contributed by atoms with E-state index in [1.807, 2.05) is 0 Å². The van der Waals surface area contributed by atoms with Gasteiger partial charge >= 0.3 is 0 Å². The van der Waals surface area contributed by atoms with E-state index in [9.17, 15) is 10.1 Å². The minimum absolute atomic E-state index is 0.184. The average molecular weight is 288 g/mol. The Morgan fingerprint density at radius 2 is 1.62 bits per heavy atom. The van der Waals surface area contributed by atoms with Crippen LogP contribution in [0.5, 0.6) is 0 Å². The molecule has 0 aromatic rings. The largest absolute Gasteiger partial charge is 0.338 e. The Bertz CT molecular complexity index is 415. The first-order valence-corrected chi connectivity index (χ1v) is 8.99. The van der Waals surface area contributed by atoms with Gasteiger partial charge in [-0.25, -0.2) is 0 Å². The summed E-state index contributed by atoms with van der Waals surface area (Å²) in [6.45, 7) is 0.892. The molecule has 1 heterocycles. The number of hydrogen-bond acceptors (Lipinski definition) is 2. The second-order valence-corrected chi connectivity index (χ2v) is 7.36. The van der Waals surface area contributed by atoms with Crippen LogP contribution in [0, 0.1) is 22.7 Å². The van der Waals surface area contributed by atoms with E-state index in [4.69, 9.17) is 0 Å². The van der Waals surface area contributed by atoms with Crippen molar-refractivity contribution in [2.45, 2.75) is 83.1 Å². The predicted octanol–water partition coefficient (Wildman–Crippen LogP) is 4.03. The summed E-state index contributed by atoms with van der Waals surface area (Å²) >= 11 is 0. The first-order chi connectivity index (χ1) is 10.3. The van der Waals surface area contributed by atoms with Crippen LogP contribution in [0.4, 0.5) is 0 Å². The highest BCUT2D eigenvalue weighted by atomic mass is 16.2. The molecule has 1 amide bonds. The first-order valence-electron chi connectivity index (χ1n) is 8.99. The molecule has 1 saturated heterocycles. The molecular formula is C18H28N2O. The standard InChI is InChI=1S/C18H28N2O/c19-14-18(11-5-1-2-6-12-18)17(21)20-13-7-9-15-8-3-4-10-16(15)20/h15-16H,1-13H2/t15-,16-/m1/s1. The summed E-state index contributed by atoms with van der Waals surface area (Å²) in [6, 6.07) is 2.90. The van der Waals surface area contributed by atoms with Gasteiger partial charge in [0.15, 0.2) is 0 Å². The Kier molecular flexibility index (Phi) is 4.52. The number of nitrogens with zero attached hydrogens (tertiary/aromatic N) is 2. The Morgan fingerprint density at radius 3 is 2.33 bits per heavy atom. The lowest BCUT2D eigenvalue weighted by atomic mass is 9.75. The van der Waals surface area contributed by atoms with Crippen molar-refractivity contribution in [3.8, 4) is 6.07 Å². The van der Waals surface area contributed by atoms with Crippen LogP contribution in [0.2, 0.25) is 0 Å². The first kappa shape index (κ1) is 14.9. The van der Waals surface area contributed by atoms with Gasteiger partial charge in [-0.05, 0) is 44.4 Å². The predicted molar refractivity (Wildman–Crippen MR) is 82.4 cm³/mol. The van der Waals surface area contributed by atoms with Gasteiger partial charge in [0.2, 0.25) is 5.91 Å². The molecule has 0 radical (unpaired) electrons. The molecule has 1 aliphatic heterocycles. The topological polar surface area (TPSA) is 44.1 Å². The smallest absolute Gasteiger partial charge is 0.243 e. The van der Waals surface area contributed by atoms with Crippen LogP contribution in [0.25, 0.3) is 0 Å². The van der Waals surface area contributed by atoms with Crippen molar-refractivity contribution in [2.75, 3.05) is 6.54 Å². The van der Waals surface area contributed by atoms with Crippen molar-refractivity contribution >= 4 is 5.91 Å².